The Kier molecular flexibility index (Phi) is 4.94. The van der Waals surface area contributed by atoms with Crippen molar-refractivity contribution in [2.75, 3.05) is 19.7 Å². The molecule has 1 atom stereocenters. The van der Waals surface area contributed by atoms with Crippen molar-refractivity contribution in [3.63, 3.8) is 0 Å². The van der Waals surface area contributed by atoms with E-state index in [0.29, 0.717) is 31.6 Å². The lowest BCUT2D eigenvalue weighted by molar-refractivity contribution is -0.159. The van der Waals surface area contributed by atoms with Crippen LogP contribution >= 0.6 is 0 Å². The number of nitrogens with zero attached hydrogens (tertiary/aromatic N) is 5. The third kappa shape index (κ3) is 3.81. The second-order valence-electron chi connectivity index (χ2n) is 7.32. The number of carbonyl (C=O) groups is 1. The SMILES string of the molecule is CC1(C)OC[C@@H](C(=O)N2CC=C(c3c(F)cccc3Cn3ncnn3)CC2)O1. The maximum Gasteiger partial charge on any atom is 0.254 e. The van der Waals surface area contributed by atoms with Gasteiger partial charge >= 0.3 is 0 Å². The molecule has 0 bridgehead atoms. The van der Waals surface area contributed by atoms with Crippen LogP contribution in [0.25, 0.3) is 5.57 Å². The highest BCUT2D eigenvalue weighted by Crippen LogP contribution is 2.30. The van der Waals surface area contributed by atoms with Crippen molar-refractivity contribution in [2.24, 2.45) is 0 Å². The van der Waals surface area contributed by atoms with Crippen molar-refractivity contribution >= 4 is 11.5 Å². The molecule has 0 radical (unpaired) electrons. The smallest absolute Gasteiger partial charge is 0.254 e. The van der Waals surface area contributed by atoms with Crippen LogP contribution in [0, 0.1) is 5.82 Å². The van der Waals surface area contributed by atoms with E-state index in [1.165, 1.54) is 17.2 Å². The van der Waals surface area contributed by atoms with E-state index in [9.17, 15) is 9.18 Å². The van der Waals surface area contributed by atoms with Gasteiger partial charge < -0.3 is 14.4 Å². The molecule has 148 valence electrons. The zero-order valence-electron chi connectivity index (χ0n) is 15.8. The molecule has 0 saturated carbocycles. The molecule has 1 saturated heterocycles. The van der Waals surface area contributed by atoms with E-state index >= 15 is 0 Å². The number of benzene rings is 1. The average molecular weight is 387 g/mol. The van der Waals surface area contributed by atoms with Gasteiger partial charge in [0, 0.05) is 18.7 Å². The Hall–Kier alpha value is -2.65. The van der Waals surface area contributed by atoms with Crippen LogP contribution < -0.4 is 0 Å². The number of halogens is 1. The zero-order chi connectivity index (χ0) is 19.7. The monoisotopic (exact) mass is 387 g/mol. The van der Waals surface area contributed by atoms with Gasteiger partial charge in [-0.1, -0.05) is 18.2 Å². The fraction of sp³-hybridized carbons (Fsp3) is 0.474. The maximum absolute atomic E-state index is 14.6. The molecule has 2 aromatic rings. The van der Waals surface area contributed by atoms with Gasteiger partial charge in [0.25, 0.3) is 5.91 Å². The van der Waals surface area contributed by atoms with Crippen LogP contribution in [0.5, 0.6) is 0 Å². The summed E-state index contributed by atoms with van der Waals surface area (Å²) >= 11 is 0. The molecule has 0 N–H and O–H groups in total. The Morgan fingerprint density at radius 1 is 1.39 bits per heavy atom. The molecule has 2 aliphatic heterocycles. The minimum Gasteiger partial charge on any atom is -0.347 e. The van der Waals surface area contributed by atoms with E-state index in [1.54, 1.807) is 24.8 Å². The van der Waals surface area contributed by atoms with Crippen molar-refractivity contribution in [3.05, 3.63) is 47.5 Å². The summed E-state index contributed by atoms with van der Waals surface area (Å²) in [5.41, 5.74) is 2.20. The lowest BCUT2D eigenvalue weighted by atomic mass is 9.94. The number of carbonyl (C=O) groups excluding carboxylic acids is 1. The van der Waals surface area contributed by atoms with Gasteiger partial charge in [0.1, 0.15) is 5.82 Å². The highest BCUT2D eigenvalue weighted by Gasteiger charge is 2.39. The predicted molar refractivity (Wildman–Crippen MR) is 97.4 cm³/mol. The number of ether oxygens (including phenoxy) is 2. The minimum atomic E-state index is -0.741. The Morgan fingerprint density at radius 3 is 2.89 bits per heavy atom. The first-order chi connectivity index (χ1) is 13.4. The van der Waals surface area contributed by atoms with E-state index in [1.807, 2.05) is 12.1 Å². The van der Waals surface area contributed by atoms with E-state index < -0.39 is 11.9 Å². The quantitative estimate of drug-likeness (QED) is 0.793. The topological polar surface area (TPSA) is 82.4 Å². The van der Waals surface area contributed by atoms with Gasteiger partial charge in [-0.15, -0.1) is 10.2 Å². The maximum atomic E-state index is 14.6. The van der Waals surface area contributed by atoms with Crippen molar-refractivity contribution < 1.29 is 18.7 Å². The molecule has 28 heavy (non-hydrogen) atoms. The van der Waals surface area contributed by atoms with Crippen molar-refractivity contribution in [1.29, 1.82) is 0 Å². The normalized spacial score (nSPS) is 21.6. The van der Waals surface area contributed by atoms with Crippen LogP contribution in [-0.2, 0) is 20.8 Å². The molecule has 0 spiro atoms. The lowest BCUT2D eigenvalue weighted by Crippen LogP contribution is -2.43. The number of hydrogen-bond acceptors (Lipinski definition) is 6. The Morgan fingerprint density at radius 2 is 2.25 bits per heavy atom. The van der Waals surface area contributed by atoms with Crippen molar-refractivity contribution in [1.82, 2.24) is 25.1 Å². The predicted octanol–water partition coefficient (Wildman–Crippen LogP) is 1.63. The van der Waals surface area contributed by atoms with Gasteiger partial charge in [-0.3, -0.25) is 4.79 Å². The number of hydrogen-bond donors (Lipinski definition) is 0. The molecule has 1 fully saturated rings. The summed E-state index contributed by atoms with van der Waals surface area (Å²) < 4.78 is 25.8. The fourth-order valence-electron chi connectivity index (χ4n) is 3.58. The van der Waals surface area contributed by atoms with Crippen molar-refractivity contribution in [3.8, 4) is 0 Å². The van der Waals surface area contributed by atoms with Gasteiger partial charge in [0.05, 0.1) is 13.2 Å². The lowest BCUT2D eigenvalue weighted by Gasteiger charge is -2.29. The molecule has 0 aliphatic carbocycles. The van der Waals surface area contributed by atoms with Crippen LogP contribution in [0.2, 0.25) is 0 Å². The molecule has 0 unspecified atom stereocenters. The third-order valence-electron chi connectivity index (χ3n) is 4.93. The number of tetrazole rings is 1. The van der Waals surface area contributed by atoms with Crippen LogP contribution in [0.15, 0.2) is 30.6 Å². The van der Waals surface area contributed by atoms with Gasteiger partial charge in [-0.05, 0) is 42.7 Å². The molecule has 1 aromatic carbocycles. The highest BCUT2D eigenvalue weighted by molar-refractivity contribution is 5.83. The molecule has 8 nitrogen and oxygen atoms in total. The second kappa shape index (κ2) is 7.40. The summed E-state index contributed by atoms with van der Waals surface area (Å²) in [6.07, 6.45) is 3.21. The first kappa shape index (κ1) is 18.7. The molecule has 9 heteroatoms. The number of aromatic nitrogens is 4. The van der Waals surface area contributed by atoms with Crippen LogP contribution in [0.4, 0.5) is 4.39 Å². The van der Waals surface area contributed by atoms with Crippen LogP contribution in [0.1, 0.15) is 31.4 Å². The largest absolute Gasteiger partial charge is 0.347 e. The third-order valence-corrected chi connectivity index (χ3v) is 4.93. The van der Waals surface area contributed by atoms with E-state index in [2.05, 4.69) is 15.4 Å². The molecule has 2 aliphatic rings. The zero-order valence-corrected chi connectivity index (χ0v) is 15.8. The van der Waals surface area contributed by atoms with E-state index in [4.69, 9.17) is 9.47 Å². The number of amides is 1. The summed E-state index contributed by atoms with van der Waals surface area (Å²) in [5.74, 6) is -1.13. The van der Waals surface area contributed by atoms with Gasteiger partial charge in [-0.25, -0.2) is 4.39 Å². The summed E-state index contributed by atoms with van der Waals surface area (Å²) in [6, 6.07) is 4.97. The Balaban J connectivity index is 1.50. The summed E-state index contributed by atoms with van der Waals surface area (Å²) in [7, 11) is 0. The summed E-state index contributed by atoms with van der Waals surface area (Å²) in [6.45, 7) is 5.07. The average Bonchev–Trinajstić information content (AvgIpc) is 3.31. The first-order valence-corrected chi connectivity index (χ1v) is 9.21. The fourth-order valence-corrected chi connectivity index (χ4v) is 3.58. The minimum absolute atomic E-state index is 0.0959. The van der Waals surface area contributed by atoms with E-state index in [0.717, 1.165) is 11.1 Å². The van der Waals surface area contributed by atoms with Crippen LogP contribution in [0.3, 0.4) is 0 Å². The highest BCUT2D eigenvalue weighted by atomic mass is 19.1. The standard InChI is InChI=1S/C19H22FN5O3/c1-19(2)27-11-16(28-19)18(26)24-8-6-13(7-9-24)17-14(4-3-5-15(17)20)10-25-22-12-21-23-25/h3-6,12,16H,7-11H2,1-2H3/t16-/m0/s1. The summed E-state index contributed by atoms with van der Waals surface area (Å²) in [4.78, 5) is 15.8. The first-order valence-electron chi connectivity index (χ1n) is 9.21. The molecular weight excluding hydrogens is 365 g/mol. The Bertz CT molecular complexity index is 897. The summed E-state index contributed by atoms with van der Waals surface area (Å²) in [5, 5.41) is 11.5. The van der Waals surface area contributed by atoms with E-state index in [-0.39, 0.29) is 18.3 Å². The van der Waals surface area contributed by atoms with Crippen molar-refractivity contribution in [2.45, 2.75) is 38.7 Å². The van der Waals surface area contributed by atoms with Gasteiger partial charge in [-0.2, -0.15) is 4.80 Å². The molecular formula is C19H22FN5O3. The Labute approximate surface area is 161 Å². The molecule has 4 rings (SSSR count). The number of rotatable bonds is 4. The molecule has 1 aromatic heterocycles. The molecule has 3 heterocycles. The second-order valence-corrected chi connectivity index (χ2v) is 7.32. The van der Waals surface area contributed by atoms with Crippen LogP contribution in [-0.4, -0.2) is 62.6 Å². The van der Waals surface area contributed by atoms with Gasteiger partial charge in [0.15, 0.2) is 18.2 Å². The molecule has 1 amide bonds. The van der Waals surface area contributed by atoms with Gasteiger partial charge in [0.2, 0.25) is 0 Å².